The first-order valence-electron chi connectivity index (χ1n) is 19.2. The smallest absolute Gasteiger partial charge is 0.407 e. The molecule has 2 fully saturated rings. The fraction of sp³-hybridized carbons (Fsp3) is 0.488. The van der Waals surface area contributed by atoms with Gasteiger partial charge in [0.2, 0.25) is 11.8 Å². The molecule has 12 heteroatoms. The number of aromatic amines is 2. The third-order valence-electron chi connectivity index (χ3n) is 11.1. The minimum atomic E-state index is -1.11. The summed E-state index contributed by atoms with van der Waals surface area (Å²) < 4.78 is 0. The maximum absolute atomic E-state index is 13.6. The highest BCUT2D eigenvalue weighted by Gasteiger charge is 2.40. The van der Waals surface area contributed by atoms with Gasteiger partial charge in [0.15, 0.2) is 0 Å². The van der Waals surface area contributed by atoms with Crippen molar-refractivity contribution < 1.29 is 19.5 Å². The number of carbonyl (C=O) groups excluding carboxylic acids is 2. The van der Waals surface area contributed by atoms with Gasteiger partial charge >= 0.3 is 6.09 Å². The van der Waals surface area contributed by atoms with Crippen LogP contribution in [0.15, 0.2) is 60.9 Å². The molecule has 3 amide bonds. The lowest BCUT2D eigenvalue weighted by atomic mass is 10.0. The molecule has 0 saturated carbocycles. The van der Waals surface area contributed by atoms with E-state index in [0.29, 0.717) is 12.4 Å². The van der Waals surface area contributed by atoms with Crippen molar-refractivity contribution in [3.8, 4) is 33.6 Å². The highest BCUT2D eigenvalue weighted by atomic mass is 16.4. The molecule has 2 aliphatic rings. The molecule has 12 nitrogen and oxygen atoms in total. The lowest BCUT2D eigenvalue weighted by Crippen LogP contribution is -2.51. The van der Waals surface area contributed by atoms with E-state index in [-0.39, 0.29) is 35.9 Å². The number of carboxylic acid groups (broad SMARTS) is 1. The number of hydrogen-bond donors (Lipinski definition) is 3. The van der Waals surface area contributed by atoms with Crippen LogP contribution >= 0.6 is 0 Å². The number of nitrogens with zero attached hydrogens (tertiary/aromatic N) is 6. The zero-order chi connectivity index (χ0) is 37.8. The molecule has 1 unspecified atom stereocenters. The summed E-state index contributed by atoms with van der Waals surface area (Å²) in [7, 11) is 1.46. The fourth-order valence-electron chi connectivity index (χ4n) is 8.25. The first-order valence-corrected chi connectivity index (χ1v) is 19.2. The third-order valence-corrected chi connectivity index (χ3v) is 11.1. The quantitative estimate of drug-likeness (QED) is 0.132. The summed E-state index contributed by atoms with van der Waals surface area (Å²) in [4.78, 5) is 62.5. The summed E-state index contributed by atoms with van der Waals surface area (Å²) >= 11 is 0. The first-order chi connectivity index (χ1) is 25.6. The Bertz CT molecular complexity index is 1860. The second-order valence-electron chi connectivity index (χ2n) is 14.6. The molecule has 2 saturated heterocycles. The van der Waals surface area contributed by atoms with Gasteiger partial charge in [0.25, 0.3) is 0 Å². The third kappa shape index (κ3) is 7.74. The Labute approximate surface area is 312 Å². The summed E-state index contributed by atoms with van der Waals surface area (Å²) in [5.41, 5.74) is 5.99. The predicted molar refractivity (Wildman–Crippen MR) is 206 cm³/mol. The number of amides is 3. The molecule has 0 bridgehead atoms. The molecule has 6 rings (SSSR count). The molecule has 4 aromatic rings. The van der Waals surface area contributed by atoms with Crippen LogP contribution in [-0.4, -0.2) is 108 Å². The lowest BCUT2D eigenvalue weighted by molar-refractivity contribution is -0.139. The maximum atomic E-state index is 13.6. The van der Waals surface area contributed by atoms with Gasteiger partial charge in [-0.05, 0) is 73.4 Å². The number of imidazole rings is 2. The summed E-state index contributed by atoms with van der Waals surface area (Å²) in [5.74, 6) is 1.42. The average molecular weight is 723 g/mol. The van der Waals surface area contributed by atoms with Crippen LogP contribution in [0.25, 0.3) is 33.6 Å². The van der Waals surface area contributed by atoms with Crippen molar-refractivity contribution in [2.24, 2.45) is 5.92 Å². The van der Waals surface area contributed by atoms with Crippen molar-refractivity contribution in [1.82, 2.24) is 39.5 Å². The number of likely N-dealkylation sites (tertiary alicyclic amines) is 2. The van der Waals surface area contributed by atoms with Gasteiger partial charge < -0.3 is 24.9 Å². The summed E-state index contributed by atoms with van der Waals surface area (Å²) in [6, 6.07) is 15.6. The van der Waals surface area contributed by atoms with Crippen LogP contribution in [0.4, 0.5) is 4.79 Å². The Morgan fingerprint density at radius 1 is 0.755 bits per heavy atom. The van der Waals surface area contributed by atoms with E-state index >= 15 is 0 Å². The van der Waals surface area contributed by atoms with Gasteiger partial charge in [-0.1, -0.05) is 83.1 Å². The number of carbonyl (C=O) groups is 3. The van der Waals surface area contributed by atoms with E-state index in [1.165, 1.54) is 7.05 Å². The van der Waals surface area contributed by atoms with Gasteiger partial charge in [-0.15, -0.1) is 0 Å². The standard InChI is InChI=1S/C41H54N8O4/c1-7-33(47(8-2)9-3)39(50)48-22-10-12-34(48)37-42-24-31(44-37)29-18-14-27(15-19-29)28-16-20-30(21-17-28)32-25-43-38(45-32)35-13-11-23-49(35)40(51)36(26(4)5)46(6)41(52)53/h14-21,24-26,33-36H,7-13,22-23H2,1-6H3,(H,42,44)(H,43,45)(H,52,53)/t33-,34?,35-,36-/m0/s1. The molecule has 4 atom stereocenters. The van der Waals surface area contributed by atoms with Crippen LogP contribution in [-0.2, 0) is 9.59 Å². The predicted octanol–water partition coefficient (Wildman–Crippen LogP) is 7.22. The molecule has 4 heterocycles. The van der Waals surface area contributed by atoms with E-state index in [1.54, 1.807) is 11.1 Å². The minimum absolute atomic E-state index is 0.0349. The zero-order valence-electron chi connectivity index (χ0n) is 31.9. The maximum Gasteiger partial charge on any atom is 0.407 e. The van der Waals surface area contributed by atoms with E-state index in [9.17, 15) is 19.5 Å². The van der Waals surface area contributed by atoms with Gasteiger partial charge in [-0.2, -0.15) is 0 Å². The van der Waals surface area contributed by atoms with Crippen molar-refractivity contribution in [3.05, 3.63) is 72.6 Å². The highest BCUT2D eigenvalue weighted by Crippen LogP contribution is 2.35. The number of hydrogen-bond acceptors (Lipinski definition) is 6. The number of nitrogens with one attached hydrogen (secondary N) is 2. The van der Waals surface area contributed by atoms with Gasteiger partial charge in [0.1, 0.15) is 17.7 Å². The van der Waals surface area contributed by atoms with Crippen molar-refractivity contribution >= 4 is 17.9 Å². The van der Waals surface area contributed by atoms with E-state index in [1.807, 2.05) is 24.9 Å². The Balaban J connectivity index is 1.11. The van der Waals surface area contributed by atoms with Gasteiger partial charge in [-0.25, -0.2) is 14.8 Å². The molecule has 0 spiro atoms. The van der Waals surface area contributed by atoms with E-state index in [2.05, 4.69) is 89.2 Å². The molecule has 53 heavy (non-hydrogen) atoms. The van der Waals surface area contributed by atoms with Gasteiger partial charge in [0, 0.05) is 20.1 Å². The molecular weight excluding hydrogens is 669 g/mol. The Morgan fingerprint density at radius 3 is 1.58 bits per heavy atom. The number of likely N-dealkylation sites (N-methyl/N-ethyl adjacent to an activating group) is 2. The fourth-order valence-corrected chi connectivity index (χ4v) is 8.25. The number of aromatic nitrogens is 4. The molecule has 2 aromatic carbocycles. The Morgan fingerprint density at radius 2 is 1.19 bits per heavy atom. The van der Waals surface area contributed by atoms with Crippen molar-refractivity contribution in [3.63, 3.8) is 0 Å². The molecule has 0 radical (unpaired) electrons. The molecular formula is C41H54N8O4. The summed E-state index contributed by atoms with van der Waals surface area (Å²) in [6.07, 6.45) is 6.84. The SMILES string of the molecule is CC[C@@H](C(=O)N1CCCC1c1ncc(-c2ccc(-c3ccc(-c4cnc([C@@H]5CCCN5C(=O)[C@H](C(C)C)N(C)C(=O)O)[nH]4)cc3)cc2)[nH]1)N(CC)CC. The first kappa shape index (κ1) is 37.8. The van der Waals surface area contributed by atoms with Crippen LogP contribution in [0, 0.1) is 5.92 Å². The zero-order valence-corrected chi connectivity index (χ0v) is 31.9. The van der Waals surface area contributed by atoms with Crippen molar-refractivity contribution in [2.45, 2.75) is 90.9 Å². The number of rotatable bonds is 13. The molecule has 2 aliphatic heterocycles. The molecule has 3 N–H and O–H groups in total. The molecule has 2 aromatic heterocycles. The van der Waals surface area contributed by atoms with Crippen molar-refractivity contribution in [1.29, 1.82) is 0 Å². The van der Waals surface area contributed by atoms with Crippen LogP contribution in [0.3, 0.4) is 0 Å². The largest absolute Gasteiger partial charge is 0.465 e. The van der Waals surface area contributed by atoms with Crippen LogP contribution in [0.2, 0.25) is 0 Å². The van der Waals surface area contributed by atoms with Gasteiger partial charge in [0.05, 0.1) is 41.9 Å². The highest BCUT2D eigenvalue weighted by molar-refractivity contribution is 5.86. The number of benzene rings is 2. The van der Waals surface area contributed by atoms with Crippen LogP contribution in [0.1, 0.15) is 90.5 Å². The topological polar surface area (TPSA) is 142 Å². The van der Waals surface area contributed by atoms with Crippen LogP contribution in [0.5, 0.6) is 0 Å². The normalized spacial score (nSPS) is 18.6. The Hall–Kier alpha value is -4.97. The van der Waals surface area contributed by atoms with Crippen LogP contribution < -0.4 is 0 Å². The van der Waals surface area contributed by atoms with Crippen molar-refractivity contribution in [2.75, 3.05) is 33.2 Å². The lowest BCUT2D eigenvalue weighted by Gasteiger charge is -2.33. The van der Waals surface area contributed by atoms with Gasteiger partial charge in [-0.3, -0.25) is 19.4 Å². The Kier molecular flexibility index (Phi) is 11.7. The molecule has 282 valence electrons. The summed E-state index contributed by atoms with van der Waals surface area (Å²) in [6.45, 7) is 13.1. The molecule has 0 aliphatic carbocycles. The van der Waals surface area contributed by atoms with E-state index in [4.69, 9.17) is 4.98 Å². The second-order valence-corrected chi connectivity index (χ2v) is 14.6. The minimum Gasteiger partial charge on any atom is -0.465 e. The second kappa shape index (κ2) is 16.4. The monoisotopic (exact) mass is 722 g/mol. The average Bonchev–Trinajstić information content (AvgIpc) is 4.00. The van der Waals surface area contributed by atoms with E-state index < -0.39 is 12.1 Å². The summed E-state index contributed by atoms with van der Waals surface area (Å²) in [5, 5.41) is 9.58. The number of H-pyrrole nitrogens is 2. The van der Waals surface area contributed by atoms with E-state index in [0.717, 1.165) is 96.1 Å².